The van der Waals surface area contributed by atoms with Crippen molar-refractivity contribution in [3.8, 4) is 0 Å². The second-order valence-corrected chi connectivity index (χ2v) is 6.23. The molecular formula is C16H23N3. The van der Waals surface area contributed by atoms with E-state index in [1.54, 1.807) is 0 Å². The predicted octanol–water partition coefficient (Wildman–Crippen LogP) is 3.69. The molecule has 0 radical (unpaired) electrons. The highest BCUT2D eigenvalue weighted by Crippen LogP contribution is 2.32. The Morgan fingerprint density at radius 1 is 1.21 bits per heavy atom. The van der Waals surface area contributed by atoms with Crippen LogP contribution in [0, 0.1) is 5.41 Å². The van der Waals surface area contributed by atoms with Crippen LogP contribution in [0.25, 0.3) is 10.9 Å². The van der Waals surface area contributed by atoms with Crippen molar-refractivity contribution in [2.45, 2.75) is 33.7 Å². The molecule has 0 aliphatic rings. The number of nitrogen functional groups attached to an aromatic ring is 1. The first-order chi connectivity index (χ1) is 8.82. The summed E-state index contributed by atoms with van der Waals surface area (Å²) in [6.07, 6.45) is 1.83. The lowest BCUT2D eigenvalue weighted by molar-refractivity contribution is 0.330. The summed E-state index contributed by atoms with van der Waals surface area (Å²) in [4.78, 5) is 6.70. The summed E-state index contributed by atoms with van der Waals surface area (Å²) in [6, 6.07) is 8.44. The van der Waals surface area contributed by atoms with Crippen LogP contribution < -0.4 is 10.6 Å². The number of fused-ring (bicyclic) bond motifs is 1. The van der Waals surface area contributed by atoms with Gasteiger partial charge in [0.2, 0.25) is 0 Å². The molecule has 2 rings (SSSR count). The van der Waals surface area contributed by atoms with Gasteiger partial charge >= 0.3 is 0 Å². The van der Waals surface area contributed by atoms with Crippen molar-refractivity contribution in [3.63, 3.8) is 0 Å². The Kier molecular flexibility index (Phi) is 3.40. The van der Waals surface area contributed by atoms with Crippen LogP contribution in [0.2, 0.25) is 0 Å². The number of nitrogens with two attached hydrogens (primary N) is 1. The molecule has 1 unspecified atom stereocenters. The second-order valence-electron chi connectivity index (χ2n) is 6.23. The minimum atomic E-state index is 0.213. The highest BCUT2D eigenvalue weighted by molar-refractivity contribution is 5.98. The van der Waals surface area contributed by atoms with Gasteiger partial charge in [-0.05, 0) is 24.5 Å². The van der Waals surface area contributed by atoms with Crippen LogP contribution in [0.5, 0.6) is 0 Å². The van der Waals surface area contributed by atoms with Gasteiger partial charge in [-0.2, -0.15) is 0 Å². The van der Waals surface area contributed by atoms with E-state index in [0.717, 1.165) is 16.6 Å². The van der Waals surface area contributed by atoms with Crippen LogP contribution in [0.3, 0.4) is 0 Å². The Hall–Kier alpha value is -1.77. The number of para-hydroxylation sites is 1. The van der Waals surface area contributed by atoms with Gasteiger partial charge in [0.15, 0.2) is 0 Å². The molecule has 0 fully saturated rings. The molecule has 1 heterocycles. The Morgan fingerprint density at radius 3 is 2.53 bits per heavy atom. The second kappa shape index (κ2) is 4.72. The number of hydrogen-bond acceptors (Lipinski definition) is 3. The van der Waals surface area contributed by atoms with Crippen LogP contribution in [0.1, 0.15) is 27.7 Å². The van der Waals surface area contributed by atoms with Gasteiger partial charge in [-0.25, -0.2) is 0 Å². The van der Waals surface area contributed by atoms with E-state index in [-0.39, 0.29) is 5.41 Å². The highest BCUT2D eigenvalue weighted by Gasteiger charge is 2.25. The summed E-state index contributed by atoms with van der Waals surface area (Å²) < 4.78 is 0. The molecule has 2 N–H and O–H groups in total. The number of rotatable bonds is 2. The van der Waals surface area contributed by atoms with E-state index in [1.807, 2.05) is 18.3 Å². The fourth-order valence-electron chi connectivity index (χ4n) is 2.28. The zero-order chi connectivity index (χ0) is 14.2. The van der Waals surface area contributed by atoms with E-state index in [9.17, 15) is 0 Å². The van der Waals surface area contributed by atoms with Gasteiger partial charge in [-0.3, -0.25) is 4.98 Å². The molecule has 3 nitrogen and oxygen atoms in total. The maximum Gasteiger partial charge on any atom is 0.0951 e. The lowest BCUT2D eigenvalue weighted by Crippen LogP contribution is -2.39. The summed E-state index contributed by atoms with van der Waals surface area (Å²) in [6.45, 7) is 9.02. The first-order valence-electron chi connectivity index (χ1n) is 6.68. The van der Waals surface area contributed by atoms with Crippen molar-refractivity contribution in [1.82, 2.24) is 4.98 Å². The van der Waals surface area contributed by atoms with Crippen LogP contribution >= 0.6 is 0 Å². The summed E-state index contributed by atoms with van der Waals surface area (Å²) in [5, 5.41) is 1.11. The lowest BCUT2D eigenvalue weighted by atomic mass is 9.87. The SMILES string of the molecule is CC(N(C)c1ccnc2c(N)cccc12)C(C)(C)C. The van der Waals surface area contributed by atoms with Gasteiger partial charge in [0.1, 0.15) is 0 Å². The third kappa shape index (κ3) is 2.50. The standard InChI is InChI=1S/C16H23N3/c1-11(16(2,3)4)19(5)14-9-10-18-15-12(14)7-6-8-13(15)17/h6-11H,17H2,1-5H3. The zero-order valence-electron chi connectivity index (χ0n) is 12.4. The smallest absolute Gasteiger partial charge is 0.0951 e. The van der Waals surface area contributed by atoms with Crippen LogP contribution in [0.15, 0.2) is 30.5 Å². The minimum Gasteiger partial charge on any atom is -0.397 e. The molecule has 0 saturated heterocycles. The molecule has 102 valence electrons. The van der Waals surface area contributed by atoms with E-state index < -0.39 is 0 Å². The van der Waals surface area contributed by atoms with Crippen molar-refractivity contribution in [1.29, 1.82) is 0 Å². The molecule has 0 aliphatic heterocycles. The quantitative estimate of drug-likeness (QED) is 0.834. The van der Waals surface area contributed by atoms with Crippen molar-refractivity contribution in [3.05, 3.63) is 30.5 Å². The van der Waals surface area contributed by atoms with E-state index in [4.69, 9.17) is 5.73 Å². The Bertz CT molecular complexity index is 584. The molecule has 2 aromatic rings. The number of aromatic nitrogens is 1. The highest BCUT2D eigenvalue weighted by atomic mass is 15.1. The van der Waals surface area contributed by atoms with Crippen LogP contribution in [-0.4, -0.2) is 18.1 Å². The average Bonchev–Trinajstić information content (AvgIpc) is 2.36. The Labute approximate surface area is 115 Å². The summed E-state index contributed by atoms with van der Waals surface area (Å²) in [5.74, 6) is 0. The Morgan fingerprint density at radius 2 is 1.89 bits per heavy atom. The number of pyridine rings is 1. The fourth-order valence-corrected chi connectivity index (χ4v) is 2.28. The van der Waals surface area contributed by atoms with Crippen molar-refractivity contribution >= 4 is 22.3 Å². The minimum absolute atomic E-state index is 0.213. The van der Waals surface area contributed by atoms with Gasteiger partial charge in [-0.15, -0.1) is 0 Å². The molecular weight excluding hydrogens is 234 g/mol. The largest absolute Gasteiger partial charge is 0.397 e. The molecule has 1 aromatic carbocycles. The third-order valence-corrected chi connectivity index (χ3v) is 3.99. The summed E-state index contributed by atoms with van der Waals surface area (Å²) >= 11 is 0. The number of benzene rings is 1. The normalized spacial score (nSPS) is 13.5. The molecule has 0 amide bonds. The first-order valence-corrected chi connectivity index (χ1v) is 6.68. The summed E-state index contributed by atoms with van der Waals surface area (Å²) in [7, 11) is 2.13. The van der Waals surface area contributed by atoms with E-state index in [0.29, 0.717) is 6.04 Å². The topological polar surface area (TPSA) is 42.2 Å². The zero-order valence-corrected chi connectivity index (χ0v) is 12.4. The maximum atomic E-state index is 6.01. The van der Waals surface area contributed by atoms with Crippen molar-refractivity contribution in [2.24, 2.45) is 5.41 Å². The van der Waals surface area contributed by atoms with Gasteiger partial charge in [0.05, 0.1) is 11.2 Å². The van der Waals surface area contributed by atoms with Gasteiger partial charge in [-0.1, -0.05) is 32.9 Å². The van der Waals surface area contributed by atoms with E-state index >= 15 is 0 Å². The predicted molar refractivity (Wildman–Crippen MR) is 83.5 cm³/mol. The van der Waals surface area contributed by atoms with Crippen molar-refractivity contribution in [2.75, 3.05) is 17.7 Å². The fraction of sp³-hybridized carbons (Fsp3) is 0.438. The van der Waals surface area contributed by atoms with Gasteiger partial charge in [0, 0.05) is 30.4 Å². The molecule has 19 heavy (non-hydrogen) atoms. The van der Waals surface area contributed by atoms with Gasteiger partial charge < -0.3 is 10.6 Å². The lowest BCUT2D eigenvalue weighted by Gasteiger charge is -2.37. The molecule has 1 aromatic heterocycles. The monoisotopic (exact) mass is 257 g/mol. The molecule has 3 heteroatoms. The molecule has 0 spiro atoms. The molecule has 0 aliphatic carbocycles. The maximum absolute atomic E-state index is 6.01. The molecule has 1 atom stereocenters. The van der Waals surface area contributed by atoms with Crippen molar-refractivity contribution < 1.29 is 0 Å². The van der Waals surface area contributed by atoms with E-state index in [2.05, 4.69) is 56.8 Å². The average molecular weight is 257 g/mol. The first kappa shape index (κ1) is 13.7. The molecule has 0 saturated carbocycles. The van der Waals surface area contributed by atoms with E-state index in [1.165, 1.54) is 5.69 Å². The third-order valence-electron chi connectivity index (χ3n) is 3.99. The summed E-state index contributed by atoms with van der Waals surface area (Å²) in [5.41, 5.74) is 9.01. The van der Waals surface area contributed by atoms with Gasteiger partial charge in [0.25, 0.3) is 0 Å². The molecule has 0 bridgehead atoms. The number of hydrogen-bond donors (Lipinski definition) is 1. The number of anilines is 2. The Balaban J connectivity index is 2.54. The number of nitrogens with zero attached hydrogens (tertiary/aromatic N) is 2. The van der Waals surface area contributed by atoms with Crippen LogP contribution in [-0.2, 0) is 0 Å². The van der Waals surface area contributed by atoms with Crippen LogP contribution in [0.4, 0.5) is 11.4 Å².